The summed E-state index contributed by atoms with van der Waals surface area (Å²) >= 11 is 0. The highest BCUT2D eigenvalue weighted by atomic mass is 16.6. The molecule has 0 radical (unpaired) electrons. The van der Waals surface area contributed by atoms with Gasteiger partial charge in [0.05, 0.1) is 0 Å². The molecule has 0 fully saturated rings. The van der Waals surface area contributed by atoms with Crippen LogP contribution in [0.4, 0.5) is 0 Å². The van der Waals surface area contributed by atoms with Gasteiger partial charge in [0, 0.05) is 5.56 Å². The lowest BCUT2D eigenvalue weighted by Crippen LogP contribution is -2.42. The third-order valence-corrected chi connectivity index (χ3v) is 6.82. The van der Waals surface area contributed by atoms with E-state index in [0.29, 0.717) is 5.71 Å². The summed E-state index contributed by atoms with van der Waals surface area (Å²) in [5.74, 6) is -0.393. The lowest BCUT2D eigenvalue weighted by atomic mass is 9.76. The van der Waals surface area contributed by atoms with Crippen LogP contribution >= 0.6 is 0 Å². The number of aliphatic imine (C=N–C) groups is 1. The number of hydrogen-bond acceptors (Lipinski definition) is 3. The molecule has 164 valence electrons. The highest BCUT2D eigenvalue weighted by Gasteiger charge is 2.69. The smallest absolute Gasteiger partial charge is 0.359 e. The number of benzene rings is 4. The average molecular weight is 442 g/mol. The summed E-state index contributed by atoms with van der Waals surface area (Å²) in [4.78, 5) is 18.2. The predicted octanol–water partition coefficient (Wildman–Crippen LogP) is 6.31. The van der Waals surface area contributed by atoms with Crippen LogP contribution in [0.25, 0.3) is 11.1 Å². The molecule has 0 saturated carbocycles. The molecule has 0 amide bonds. The van der Waals surface area contributed by atoms with Gasteiger partial charge < -0.3 is 4.74 Å². The van der Waals surface area contributed by atoms with Crippen molar-refractivity contribution in [3.05, 3.63) is 144 Å². The molecule has 1 heterocycles. The quantitative estimate of drug-likeness (QED) is 0.340. The van der Waals surface area contributed by atoms with Crippen molar-refractivity contribution >= 4 is 22.8 Å². The fourth-order valence-electron chi connectivity index (χ4n) is 5.37. The Labute approximate surface area is 199 Å². The summed E-state index contributed by atoms with van der Waals surface area (Å²) in [6.07, 6.45) is 0. The molecule has 34 heavy (non-hydrogen) atoms. The first-order valence-corrected chi connectivity index (χ1v) is 11.5. The van der Waals surface area contributed by atoms with Gasteiger partial charge in [-0.05, 0) is 34.8 Å². The van der Waals surface area contributed by atoms with Crippen LogP contribution in [0.3, 0.4) is 0 Å². The Morgan fingerprint density at radius 1 is 0.588 bits per heavy atom. The van der Waals surface area contributed by atoms with Crippen molar-refractivity contribution in [2.45, 2.75) is 18.1 Å². The van der Waals surface area contributed by atoms with E-state index in [1.165, 1.54) is 0 Å². The van der Waals surface area contributed by atoms with Crippen molar-refractivity contribution in [1.29, 1.82) is 0 Å². The fraction of sp³-hybridized carbons (Fsp3) is 0.0968. The topological polar surface area (TPSA) is 38.7 Å². The van der Waals surface area contributed by atoms with Crippen LogP contribution in [-0.4, -0.2) is 17.4 Å². The van der Waals surface area contributed by atoms with E-state index in [9.17, 15) is 4.79 Å². The summed E-state index contributed by atoms with van der Waals surface area (Å²) < 4.78 is 6.22. The largest absolute Gasteiger partial charge is 0.431 e. The Kier molecular flexibility index (Phi) is 4.59. The van der Waals surface area contributed by atoms with E-state index in [2.05, 4.69) is 36.4 Å². The molecule has 1 aliphatic heterocycles. The molecule has 0 N–H and O–H groups in total. The Hall–Kier alpha value is -4.24. The van der Waals surface area contributed by atoms with Gasteiger partial charge >= 0.3 is 5.97 Å². The third-order valence-electron chi connectivity index (χ3n) is 6.82. The van der Waals surface area contributed by atoms with Crippen LogP contribution in [0.1, 0.15) is 29.2 Å². The third kappa shape index (κ3) is 2.90. The van der Waals surface area contributed by atoms with Crippen LogP contribution in [-0.2, 0) is 14.9 Å². The van der Waals surface area contributed by atoms with Crippen LogP contribution < -0.4 is 0 Å². The van der Waals surface area contributed by atoms with Gasteiger partial charge in [-0.25, -0.2) is 9.79 Å². The molecule has 0 bridgehead atoms. The van der Waals surface area contributed by atoms with Crippen molar-refractivity contribution in [3.63, 3.8) is 0 Å². The van der Waals surface area contributed by atoms with E-state index in [0.717, 1.165) is 33.4 Å². The standard InChI is InChI=1S/C31H23NO2/c1-30(32-28(29(33)34-30)24-18-10-4-11-19-24)31(25-20-12-5-13-21-25)26(22-14-6-2-7-15-22)27(31)23-16-8-3-9-17-23/h2-21H,1H3. The van der Waals surface area contributed by atoms with Gasteiger partial charge in [-0.3, -0.25) is 0 Å². The molecule has 0 saturated heterocycles. The highest BCUT2D eigenvalue weighted by Crippen LogP contribution is 2.71. The Morgan fingerprint density at radius 2 is 1.00 bits per heavy atom. The number of esters is 1. The van der Waals surface area contributed by atoms with E-state index < -0.39 is 17.1 Å². The van der Waals surface area contributed by atoms with Gasteiger partial charge in [0.15, 0.2) is 5.71 Å². The molecule has 0 aromatic heterocycles. The van der Waals surface area contributed by atoms with Gasteiger partial charge in [-0.2, -0.15) is 0 Å². The SMILES string of the molecule is CC1(C2(c3ccccc3)C(c3ccccc3)=C2c2ccccc2)N=C(c2ccccc2)C(=O)O1. The first-order valence-electron chi connectivity index (χ1n) is 11.5. The van der Waals surface area contributed by atoms with Crippen LogP contribution in [0.15, 0.2) is 126 Å². The summed E-state index contributed by atoms with van der Waals surface area (Å²) in [5, 5.41) is 0. The minimum absolute atomic E-state index is 0.366. The molecule has 1 unspecified atom stereocenters. The van der Waals surface area contributed by atoms with Crippen molar-refractivity contribution in [2.24, 2.45) is 4.99 Å². The molecule has 0 spiro atoms. The fourth-order valence-corrected chi connectivity index (χ4v) is 5.37. The second kappa shape index (κ2) is 7.67. The summed E-state index contributed by atoms with van der Waals surface area (Å²) in [5.41, 5.74) is 4.83. The molecular formula is C31H23NO2. The van der Waals surface area contributed by atoms with Crippen molar-refractivity contribution < 1.29 is 9.53 Å². The zero-order valence-corrected chi connectivity index (χ0v) is 18.8. The molecule has 6 rings (SSSR count). The van der Waals surface area contributed by atoms with Crippen LogP contribution in [0, 0.1) is 0 Å². The average Bonchev–Trinajstić information content (AvgIpc) is 3.52. The molecule has 2 aliphatic rings. The minimum Gasteiger partial charge on any atom is -0.431 e. The normalized spacial score (nSPS) is 20.6. The maximum atomic E-state index is 13.2. The monoisotopic (exact) mass is 441 g/mol. The van der Waals surface area contributed by atoms with Crippen molar-refractivity contribution in [3.8, 4) is 0 Å². The molecule has 1 atom stereocenters. The Bertz CT molecular complexity index is 1370. The zero-order chi connectivity index (χ0) is 23.2. The Balaban J connectivity index is 1.61. The number of rotatable bonds is 5. The Morgan fingerprint density at radius 3 is 1.47 bits per heavy atom. The molecular weight excluding hydrogens is 418 g/mol. The van der Waals surface area contributed by atoms with Gasteiger partial charge in [0.25, 0.3) is 0 Å². The van der Waals surface area contributed by atoms with Crippen LogP contribution in [0.5, 0.6) is 0 Å². The maximum absolute atomic E-state index is 13.2. The van der Waals surface area contributed by atoms with E-state index in [-0.39, 0.29) is 0 Å². The second-order valence-electron chi connectivity index (χ2n) is 8.80. The zero-order valence-electron chi connectivity index (χ0n) is 18.8. The van der Waals surface area contributed by atoms with E-state index in [4.69, 9.17) is 9.73 Å². The van der Waals surface area contributed by atoms with Gasteiger partial charge in [-0.1, -0.05) is 121 Å². The summed E-state index contributed by atoms with van der Waals surface area (Å²) in [6.45, 7) is 1.94. The van der Waals surface area contributed by atoms with Crippen LogP contribution in [0.2, 0.25) is 0 Å². The lowest BCUT2D eigenvalue weighted by molar-refractivity contribution is -0.146. The highest BCUT2D eigenvalue weighted by molar-refractivity contribution is 6.45. The number of carbonyl (C=O) groups is 1. The molecule has 4 aromatic rings. The molecule has 1 aliphatic carbocycles. The first-order chi connectivity index (χ1) is 16.6. The number of carbonyl (C=O) groups excluding carboxylic acids is 1. The number of hydrogen-bond donors (Lipinski definition) is 0. The van der Waals surface area contributed by atoms with Gasteiger partial charge in [0.2, 0.25) is 5.72 Å². The minimum atomic E-state index is -1.13. The predicted molar refractivity (Wildman–Crippen MR) is 135 cm³/mol. The van der Waals surface area contributed by atoms with Gasteiger partial charge in [-0.15, -0.1) is 0 Å². The molecule has 3 heteroatoms. The number of cyclic esters (lactones) is 1. The van der Waals surface area contributed by atoms with Crippen molar-refractivity contribution in [2.75, 3.05) is 0 Å². The van der Waals surface area contributed by atoms with E-state index in [1.807, 2.05) is 91.9 Å². The summed E-state index contributed by atoms with van der Waals surface area (Å²) in [7, 11) is 0. The number of nitrogens with zero attached hydrogens (tertiary/aromatic N) is 1. The summed E-state index contributed by atoms with van der Waals surface area (Å²) in [6, 6.07) is 40.5. The van der Waals surface area contributed by atoms with Crippen molar-refractivity contribution in [1.82, 2.24) is 0 Å². The molecule has 4 aromatic carbocycles. The second-order valence-corrected chi connectivity index (χ2v) is 8.80. The molecule has 3 nitrogen and oxygen atoms in total. The first kappa shape index (κ1) is 20.4. The lowest BCUT2D eigenvalue weighted by Gasteiger charge is -2.34. The van der Waals surface area contributed by atoms with E-state index in [1.54, 1.807) is 0 Å². The van der Waals surface area contributed by atoms with E-state index >= 15 is 0 Å². The number of ether oxygens (including phenoxy) is 1. The maximum Gasteiger partial charge on any atom is 0.359 e. The van der Waals surface area contributed by atoms with Gasteiger partial charge in [0.1, 0.15) is 5.41 Å².